The summed E-state index contributed by atoms with van der Waals surface area (Å²) in [5.41, 5.74) is 5.05. The van der Waals surface area contributed by atoms with Crippen LogP contribution >= 0.6 is 0 Å². The molecule has 1 N–H and O–H groups in total. The van der Waals surface area contributed by atoms with E-state index in [0.29, 0.717) is 0 Å². The number of unbranched alkanes of at least 4 members (excludes halogenated alkanes) is 2. The van der Waals surface area contributed by atoms with Gasteiger partial charge < -0.3 is 0 Å². The molecule has 1 aliphatic rings. The Labute approximate surface area is 201 Å². The van der Waals surface area contributed by atoms with Gasteiger partial charge >= 0.3 is 202 Å². The molecule has 1 heterocycles. The molecule has 5 heteroatoms. The third kappa shape index (κ3) is 5.93. The number of hydrogen-bond donors (Lipinski definition) is 1. The van der Waals surface area contributed by atoms with E-state index < -0.39 is 0 Å². The van der Waals surface area contributed by atoms with Crippen LogP contribution in [-0.2, 0) is 0 Å². The molecule has 0 fully saturated rings. The fraction of sp³-hybridized carbons (Fsp3) is 0.556. The number of hydrogen-bond acceptors (Lipinski definition) is 4. The fourth-order valence-electron chi connectivity index (χ4n) is 4.25. The summed E-state index contributed by atoms with van der Waals surface area (Å²) in [5.74, 6) is 0.957. The topological polar surface area (TPSA) is 27.7 Å². The SMILES string of the molecule is CCCCN(CCCC)c1ccc2c(c1)[Se+]c1cc(N(CCC)CCC)cc(OC)c1N2. The first-order valence-corrected chi connectivity index (χ1v) is 14.2. The van der Waals surface area contributed by atoms with Crippen LogP contribution in [0.4, 0.5) is 22.7 Å². The molecule has 0 unspecified atom stereocenters. The molecule has 2 aromatic carbocycles. The zero-order chi connectivity index (χ0) is 22.9. The standard InChI is InChI=1S/C27H41N3OSe/c1-6-10-16-30(17-11-7-2)21-12-13-23-25(19-21)32-26-20-22(29(14-8-3)15-9-4)18-24(31-5)27(26)28-23/h12-13,18-20,28H,6-11,14-17H2,1-5H3/q+1. The van der Waals surface area contributed by atoms with E-state index in [-0.39, 0.29) is 15.0 Å². The van der Waals surface area contributed by atoms with E-state index in [0.717, 1.165) is 50.5 Å². The quantitative estimate of drug-likeness (QED) is 0.315. The van der Waals surface area contributed by atoms with E-state index in [4.69, 9.17) is 4.74 Å². The van der Waals surface area contributed by atoms with Gasteiger partial charge in [0.2, 0.25) is 0 Å². The van der Waals surface area contributed by atoms with Gasteiger partial charge in [0.05, 0.1) is 0 Å². The van der Waals surface area contributed by atoms with E-state index in [1.165, 1.54) is 51.7 Å². The van der Waals surface area contributed by atoms with Crippen LogP contribution in [0.25, 0.3) is 0 Å². The molecule has 0 spiro atoms. The van der Waals surface area contributed by atoms with Crippen LogP contribution in [0, 0.1) is 0 Å². The molecule has 1 radical (unpaired) electrons. The van der Waals surface area contributed by atoms with E-state index in [1.54, 1.807) is 7.11 Å². The number of nitrogens with one attached hydrogen (secondary N) is 1. The average molecular weight is 503 g/mol. The molecule has 0 aromatic heterocycles. The second-order valence-corrected chi connectivity index (χ2v) is 10.9. The number of ether oxygens (including phenoxy) is 1. The summed E-state index contributed by atoms with van der Waals surface area (Å²) in [6.45, 7) is 13.5. The second kappa shape index (κ2) is 12.4. The molecule has 175 valence electrons. The van der Waals surface area contributed by atoms with Gasteiger partial charge in [0.1, 0.15) is 0 Å². The van der Waals surface area contributed by atoms with Crippen molar-refractivity contribution in [2.45, 2.75) is 66.2 Å². The molecule has 0 bridgehead atoms. The predicted octanol–water partition coefficient (Wildman–Crippen LogP) is 5.44. The third-order valence-corrected chi connectivity index (χ3v) is 8.30. The molecule has 0 amide bonds. The van der Waals surface area contributed by atoms with E-state index in [9.17, 15) is 0 Å². The number of rotatable bonds is 13. The summed E-state index contributed by atoms with van der Waals surface area (Å²) >= 11 is 0.250. The van der Waals surface area contributed by atoms with Crippen LogP contribution in [0.3, 0.4) is 0 Å². The van der Waals surface area contributed by atoms with Gasteiger partial charge in [0, 0.05) is 0 Å². The average Bonchev–Trinajstić information content (AvgIpc) is 2.81. The maximum atomic E-state index is 5.84. The Kier molecular flexibility index (Phi) is 9.62. The van der Waals surface area contributed by atoms with Crippen LogP contribution < -0.4 is 28.8 Å². The van der Waals surface area contributed by atoms with Gasteiger partial charge in [-0.3, -0.25) is 0 Å². The zero-order valence-electron chi connectivity index (χ0n) is 20.7. The molecule has 0 saturated heterocycles. The van der Waals surface area contributed by atoms with Crippen molar-refractivity contribution in [3.63, 3.8) is 0 Å². The summed E-state index contributed by atoms with van der Waals surface area (Å²) in [6, 6.07) is 11.6. The van der Waals surface area contributed by atoms with Gasteiger partial charge in [-0.1, -0.05) is 0 Å². The van der Waals surface area contributed by atoms with Crippen molar-refractivity contribution in [2.75, 3.05) is 48.4 Å². The first-order valence-electron chi connectivity index (χ1n) is 12.5. The van der Waals surface area contributed by atoms with Crippen LogP contribution in [0.5, 0.6) is 5.75 Å². The van der Waals surface area contributed by atoms with Crippen LogP contribution in [0.1, 0.15) is 66.2 Å². The molecule has 32 heavy (non-hydrogen) atoms. The molecule has 1 aliphatic heterocycles. The van der Waals surface area contributed by atoms with Crippen molar-refractivity contribution in [2.24, 2.45) is 0 Å². The molecule has 4 nitrogen and oxygen atoms in total. The van der Waals surface area contributed by atoms with Crippen LogP contribution in [-0.4, -0.2) is 48.2 Å². The van der Waals surface area contributed by atoms with Gasteiger partial charge in [-0.05, 0) is 0 Å². The molecule has 0 aliphatic carbocycles. The Morgan fingerprint density at radius 2 is 1.38 bits per heavy atom. The van der Waals surface area contributed by atoms with Gasteiger partial charge in [-0.15, -0.1) is 0 Å². The second-order valence-electron chi connectivity index (χ2n) is 8.61. The Bertz CT molecular complexity index is 856. The Morgan fingerprint density at radius 1 is 0.750 bits per heavy atom. The zero-order valence-corrected chi connectivity index (χ0v) is 22.4. The molecule has 0 saturated carbocycles. The molecule has 3 rings (SSSR count). The minimum atomic E-state index is 0.250. The van der Waals surface area contributed by atoms with Crippen molar-refractivity contribution >= 4 is 46.6 Å². The van der Waals surface area contributed by atoms with Crippen molar-refractivity contribution in [3.8, 4) is 5.75 Å². The molecular weight excluding hydrogens is 461 g/mol. The summed E-state index contributed by atoms with van der Waals surface area (Å²) in [6.07, 6.45) is 7.28. The van der Waals surface area contributed by atoms with Crippen molar-refractivity contribution < 1.29 is 4.74 Å². The van der Waals surface area contributed by atoms with Crippen LogP contribution in [0.2, 0.25) is 0 Å². The normalized spacial score (nSPS) is 12.0. The monoisotopic (exact) mass is 503 g/mol. The van der Waals surface area contributed by atoms with Gasteiger partial charge in [0.15, 0.2) is 0 Å². The Balaban J connectivity index is 1.91. The fourth-order valence-corrected chi connectivity index (χ4v) is 6.51. The van der Waals surface area contributed by atoms with Gasteiger partial charge in [-0.2, -0.15) is 0 Å². The Morgan fingerprint density at radius 3 is 1.97 bits per heavy atom. The van der Waals surface area contributed by atoms with Crippen molar-refractivity contribution in [3.05, 3.63) is 30.3 Å². The number of methoxy groups -OCH3 is 1. The van der Waals surface area contributed by atoms with Gasteiger partial charge in [-0.25, -0.2) is 0 Å². The van der Waals surface area contributed by atoms with E-state index >= 15 is 0 Å². The Hall–Kier alpha value is -1.84. The van der Waals surface area contributed by atoms with Crippen molar-refractivity contribution in [1.29, 1.82) is 0 Å². The number of nitrogens with zero attached hydrogens (tertiary/aromatic N) is 2. The predicted molar refractivity (Wildman–Crippen MR) is 143 cm³/mol. The van der Waals surface area contributed by atoms with Gasteiger partial charge in [0.25, 0.3) is 0 Å². The third-order valence-electron chi connectivity index (χ3n) is 6.00. The van der Waals surface area contributed by atoms with Crippen LogP contribution in [0.15, 0.2) is 30.3 Å². The maximum absolute atomic E-state index is 5.84. The summed E-state index contributed by atoms with van der Waals surface area (Å²) in [5, 5.41) is 3.70. The first-order chi connectivity index (χ1) is 15.6. The minimum absolute atomic E-state index is 0.250. The molecular formula is C27H41N3OSe+. The first kappa shape index (κ1) is 24.8. The van der Waals surface area contributed by atoms with E-state index in [1.807, 2.05) is 0 Å². The summed E-state index contributed by atoms with van der Waals surface area (Å²) < 4.78 is 8.67. The summed E-state index contributed by atoms with van der Waals surface area (Å²) in [7, 11) is 1.79. The van der Waals surface area contributed by atoms with Crippen molar-refractivity contribution in [1.82, 2.24) is 0 Å². The molecule has 2 aromatic rings. The molecule has 0 atom stereocenters. The number of benzene rings is 2. The van der Waals surface area contributed by atoms with E-state index in [2.05, 4.69) is 73.1 Å². The number of fused-ring (bicyclic) bond motifs is 2. The number of anilines is 4. The summed E-state index contributed by atoms with van der Waals surface area (Å²) in [4.78, 5) is 5.09.